The second-order valence-corrected chi connectivity index (χ2v) is 13.4. The van der Waals surface area contributed by atoms with Crippen molar-refractivity contribution >= 4 is 47.4 Å². The van der Waals surface area contributed by atoms with Crippen molar-refractivity contribution in [2.75, 3.05) is 28.4 Å². The van der Waals surface area contributed by atoms with Gasteiger partial charge in [-0.15, -0.1) is 0 Å². The summed E-state index contributed by atoms with van der Waals surface area (Å²) in [7, 11) is -8.59. The third-order valence-corrected chi connectivity index (χ3v) is 9.44. The molecule has 1 saturated heterocycles. The molecule has 0 bridgehead atoms. The highest BCUT2D eigenvalue weighted by atomic mass is 35.5. The normalized spacial score (nSPS) is 24.1. The number of sulfone groups is 1. The maximum absolute atomic E-state index is 11.9. The second-order valence-electron chi connectivity index (χ2n) is 8.93. The quantitative estimate of drug-likeness (QED) is 0.124. The van der Waals surface area contributed by atoms with Crippen molar-refractivity contribution in [3.05, 3.63) is 10.8 Å². The van der Waals surface area contributed by atoms with Gasteiger partial charge in [-0.1, -0.05) is 19.8 Å². The van der Waals surface area contributed by atoms with Crippen LogP contribution in [0.5, 0.6) is 0 Å². The van der Waals surface area contributed by atoms with Gasteiger partial charge in [0, 0.05) is 30.5 Å². The van der Waals surface area contributed by atoms with Gasteiger partial charge in [-0.2, -0.15) is 10.1 Å². The lowest BCUT2D eigenvalue weighted by Crippen LogP contribution is -2.39. The number of nitrogens with zero attached hydrogens (tertiary/aromatic N) is 4. The van der Waals surface area contributed by atoms with E-state index in [2.05, 4.69) is 27.1 Å². The van der Waals surface area contributed by atoms with Crippen LogP contribution in [-0.2, 0) is 23.9 Å². The van der Waals surface area contributed by atoms with Crippen LogP contribution in [0.4, 0.5) is 11.6 Å². The minimum absolute atomic E-state index is 0.0289. The number of aromatic nitrogens is 2. The molecule has 0 spiro atoms. The number of nitrogens with one attached hydrogen (secondary N) is 1. The zero-order chi connectivity index (χ0) is 26.7. The third kappa shape index (κ3) is 7.35. The van der Waals surface area contributed by atoms with E-state index in [0.29, 0.717) is 11.4 Å². The summed E-state index contributed by atoms with van der Waals surface area (Å²) in [5, 5.41) is 19.3. The van der Waals surface area contributed by atoms with E-state index in [-0.39, 0.29) is 35.9 Å². The van der Waals surface area contributed by atoms with Gasteiger partial charge >= 0.3 is 7.60 Å². The molecule has 4 N–H and O–H groups in total. The largest absolute Gasteiger partial charge is 0.388 e. The highest BCUT2D eigenvalue weighted by Crippen LogP contribution is 2.43. The standard InChI is InChI=1S/C20H33ClN5O8PS/c1-4-36(31,32)11-16(35(28,29)30)33-10-14-9-15(27)19(34-14)26(22-3)18-12(2)17(24-20(21)25-18)23-13-7-5-6-8-13/h13-16,19,27H,3-11H2,1-2H3,(H,23,24,25)(H2,28,29,30)/t14-,15+,16?,19+/m0/s1. The van der Waals surface area contributed by atoms with Crippen LogP contribution >= 0.6 is 19.2 Å². The van der Waals surface area contributed by atoms with Gasteiger partial charge in [0.05, 0.1) is 18.5 Å². The van der Waals surface area contributed by atoms with E-state index in [1.807, 2.05) is 0 Å². The maximum atomic E-state index is 11.9. The van der Waals surface area contributed by atoms with Crippen LogP contribution in [0.1, 0.15) is 44.6 Å². The van der Waals surface area contributed by atoms with Crippen LogP contribution in [0.25, 0.3) is 0 Å². The molecule has 1 unspecified atom stereocenters. The number of aliphatic hydroxyl groups excluding tert-OH is 1. The molecule has 1 saturated carbocycles. The first kappa shape index (κ1) is 29.2. The molecule has 3 rings (SSSR count). The van der Waals surface area contributed by atoms with Crippen LogP contribution in [0.2, 0.25) is 5.28 Å². The zero-order valence-corrected chi connectivity index (χ0v) is 22.6. The predicted octanol–water partition coefficient (Wildman–Crippen LogP) is 1.65. The Balaban J connectivity index is 1.73. The average Bonchev–Trinajstić information content (AvgIpc) is 3.43. The fraction of sp³-hybridized carbons (Fsp3) is 0.750. The fourth-order valence-corrected chi connectivity index (χ4v) is 6.90. The number of hydrazone groups is 1. The van der Waals surface area contributed by atoms with E-state index in [4.69, 9.17) is 21.1 Å². The molecule has 1 aromatic rings. The van der Waals surface area contributed by atoms with E-state index in [1.54, 1.807) is 6.92 Å². The molecule has 0 aromatic carbocycles. The highest BCUT2D eigenvalue weighted by molar-refractivity contribution is 7.91. The lowest BCUT2D eigenvalue weighted by molar-refractivity contribution is -0.0345. The first-order chi connectivity index (χ1) is 16.8. The number of hydrogen-bond acceptors (Lipinski definition) is 11. The number of ether oxygens (including phenoxy) is 2. The van der Waals surface area contributed by atoms with Gasteiger partial charge < -0.3 is 29.7 Å². The van der Waals surface area contributed by atoms with Gasteiger partial charge in [-0.3, -0.25) is 4.57 Å². The summed E-state index contributed by atoms with van der Waals surface area (Å²) in [5.74, 6) is -2.14. The number of anilines is 2. The topological polar surface area (TPSA) is 184 Å². The number of rotatable bonds is 12. The first-order valence-electron chi connectivity index (χ1n) is 11.6. The Morgan fingerprint density at radius 2 is 2.03 bits per heavy atom. The molecule has 0 radical (unpaired) electrons. The summed E-state index contributed by atoms with van der Waals surface area (Å²) in [6.07, 6.45) is 1.38. The number of halogens is 1. The molecule has 2 aliphatic rings. The molecule has 36 heavy (non-hydrogen) atoms. The maximum Gasteiger partial charge on any atom is 0.355 e. The second kappa shape index (κ2) is 12.0. The molecule has 16 heteroatoms. The molecule has 1 aromatic heterocycles. The molecular formula is C20H33ClN5O8PS. The lowest BCUT2D eigenvalue weighted by atomic mass is 10.2. The zero-order valence-electron chi connectivity index (χ0n) is 20.2. The Morgan fingerprint density at radius 1 is 1.36 bits per heavy atom. The summed E-state index contributed by atoms with van der Waals surface area (Å²) in [6.45, 7) is 6.36. The van der Waals surface area contributed by atoms with E-state index in [1.165, 1.54) is 11.9 Å². The molecular weight excluding hydrogens is 537 g/mol. The molecule has 1 aliphatic heterocycles. The molecule has 4 atom stereocenters. The summed E-state index contributed by atoms with van der Waals surface area (Å²) in [6, 6.07) is 0.265. The van der Waals surface area contributed by atoms with E-state index >= 15 is 0 Å². The number of aliphatic hydroxyl groups is 1. The van der Waals surface area contributed by atoms with Gasteiger partial charge in [-0.05, 0) is 31.4 Å². The smallest absolute Gasteiger partial charge is 0.355 e. The fourth-order valence-electron chi connectivity index (χ4n) is 4.23. The summed E-state index contributed by atoms with van der Waals surface area (Å²) < 4.78 is 46.7. The van der Waals surface area contributed by atoms with Gasteiger partial charge in [-0.25, -0.2) is 18.4 Å². The van der Waals surface area contributed by atoms with Crippen molar-refractivity contribution in [3.8, 4) is 0 Å². The molecule has 2 heterocycles. The molecule has 13 nitrogen and oxygen atoms in total. The van der Waals surface area contributed by atoms with Gasteiger partial charge in [0.2, 0.25) is 5.28 Å². The predicted molar refractivity (Wildman–Crippen MR) is 135 cm³/mol. The van der Waals surface area contributed by atoms with E-state index < -0.39 is 47.5 Å². The molecule has 0 amide bonds. The highest BCUT2D eigenvalue weighted by Gasteiger charge is 2.41. The third-order valence-electron chi connectivity index (χ3n) is 6.25. The SMILES string of the molecule is C=NN(c1nc(Cl)nc(NC2CCCC2)c1C)[C@@H]1O[C@H](COC(CS(=O)(=O)CC)P(=O)(O)O)C[C@H]1O. The van der Waals surface area contributed by atoms with Gasteiger partial charge in [0.25, 0.3) is 0 Å². The summed E-state index contributed by atoms with van der Waals surface area (Å²) in [5.41, 5.74) is 0.625. The van der Waals surface area contributed by atoms with E-state index in [0.717, 1.165) is 25.7 Å². The molecule has 204 valence electrons. The van der Waals surface area contributed by atoms with Crippen LogP contribution < -0.4 is 10.3 Å². The minimum Gasteiger partial charge on any atom is -0.388 e. The summed E-state index contributed by atoms with van der Waals surface area (Å²) in [4.78, 5) is 27.6. The van der Waals surface area contributed by atoms with Crippen molar-refractivity contribution in [3.63, 3.8) is 0 Å². The van der Waals surface area contributed by atoms with Crippen LogP contribution in [0.15, 0.2) is 5.10 Å². The first-order valence-corrected chi connectivity index (χ1v) is 15.5. The Labute approximate surface area is 215 Å². The van der Waals surface area contributed by atoms with Crippen LogP contribution in [0, 0.1) is 6.92 Å². The Morgan fingerprint density at radius 3 is 2.61 bits per heavy atom. The lowest BCUT2D eigenvalue weighted by Gasteiger charge is -2.28. The summed E-state index contributed by atoms with van der Waals surface area (Å²) >= 11 is 6.17. The average molecular weight is 570 g/mol. The molecule has 1 aliphatic carbocycles. The van der Waals surface area contributed by atoms with Crippen molar-refractivity contribution < 1.29 is 37.3 Å². The Bertz CT molecular complexity index is 1080. The van der Waals surface area contributed by atoms with Gasteiger partial charge in [0.1, 0.15) is 11.9 Å². The Kier molecular flexibility index (Phi) is 9.72. The number of hydrogen-bond donors (Lipinski definition) is 4. The minimum atomic E-state index is -4.87. The van der Waals surface area contributed by atoms with Crippen LogP contribution in [0.3, 0.4) is 0 Å². The van der Waals surface area contributed by atoms with Crippen molar-refractivity contribution in [1.29, 1.82) is 0 Å². The Hall–Kier alpha value is -1.38. The van der Waals surface area contributed by atoms with Crippen LogP contribution in [-0.4, -0.2) is 88.4 Å². The van der Waals surface area contributed by atoms with Crippen molar-refractivity contribution in [2.45, 2.75) is 76.3 Å². The van der Waals surface area contributed by atoms with E-state index in [9.17, 15) is 27.9 Å². The monoisotopic (exact) mass is 569 g/mol. The molecule has 2 fully saturated rings. The van der Waals surface area contributed by atoms with Gasteiger partial charge in [0.15, 0.2) is 27.7 Å². The van der Waals surface area contributed by atoms with Crippen molar-refractivity contribution in [2.24, 2.45) is 5.10 Å². The van der Waals surface area contributed by atoms with Crippen molar-refractivity contribution in [1.82, 2.24) is 9.97 Å².